The highest BCUT2D eigenvalue weighted by Gasteiger charge is 2.15. The Morgan fingerprint density at radius 1 is 1.12 bits per heavy atom. The predicted molar refractivity (Wildman–Crippen MR) is 97.8 cm³/mol. The van der Waals surface area contributed by atoms with Gasteiger partial charge in [-0.05, 0) is 36.6 Å². The molecular formula is C20H20N4O. The zero-order chi connectivity index (χ0) is 17.1. The summed E-state index contributed by atoms with van der Waals surface area (Å²) in [6.45, 7) is 3.56. The molecule has 0 atom stereocenters. The summed E-state index contributed by atoms with van der Waals surface area (Å²) >= 11 is 0. The molecule has 3 heterocycles. The number of nitrogens with one attached hydrogen (secondary N) is 1. The predicted octanol–water partition coefficient (Wildman–Crippen LogP) is 3.44. The second-order valence-electron chi connectivity index (χ2n) is 6.16. The number of nitrogens with zero attached hydrogens (tertiary/aromatic N) is 3. The summed E-state index contributed by atoms with van der Waals surface area (Å²) in [6.07, 6.45) is 5.33. The third-order valence-electron chi connectivity index (χ3n) is 4.37. The molecule has 5 heteroatoms. The molecular weight excluding hydrogens is 312 g/mol. The fourth-order valence-corrected chi connectivity index (χ4v) is 3.04. The molecule has 4 rings (SSSR count). The molecule has 0 bridgehead atoms. The maximum Gasteiger partial charge on any atom is 0.129 e. The molecule has 0 fully saturated rings. The van der Waals surface area contributed by atoms with Gasteiger partial charge in [-0.15, -0.1) is 0 Å². The third kappa shape index (κ3) is 3.45. The lowest BCUT2D eigenvalue weighted by Gasteiger charge is -2.10. The van der Waals surface area contributed by atoms with E-state index in [9.17, 15) is 0 Å². The van der Waals surface area contributed by atoms with Crippen LogP contribution in [0, 0.1) is 6.92 Å². The Labute approximate surface area is 147 Å². The molecule has 126 valence electrons. The summed E-state index contributed by atoms with van der Waals surface area (Å²) in [5.74, 6) is 1.89. The Morgan fingerprint density at radius 2 is 2.08 bits per heavy atom. The lowest BCUT2D eigenvalue weighted by Crippen LogP contribution is -2.07. The van der Waals surface area contributed by atoms with E-state index in [1.807, 2.05) is 31.3 Å². The quantitative estimate of drug-likeness (QED) is 0.775. The van der Waals surface area contributed by atoms with E-state index >= 15 is 0 Å². The number of anilines is 1. The molecule has 0 saturated carbocycles. The van der Waals surface area contributed by atoms with E-state index in [2.05, 4.69) is 38.5 Å². The first-order valence-corrected chi connectivity index (χ1v) is 8.52. The maximum absolute atomic E-state index is 5.76. The van der Waals surface area contributed by atoms with Gasteiger partial charge in [0.05, 0.1) is 12.3 Å². The van der Waals surface area contributed by atoms with Crippen molar-refractivity contribution in [2.24, 2.45) is 0 Å². The smallest absolute Gasteiger partial charge is 0.129 e. The number of ether oxygens (including phenoxy) is 1. The van der Waals surface area contributed by atoms with E-state index in [4.69, 9.17) is 4.74 Å². The third-order valence-corrected chi connectivity index (χ3v) is 4.37. The average molecular weight is 332 g/mol. The van der Waals surface area contributed by atoms with Crippen molar-refractivity contribution in [3.05, 3.63) is 65.7 Å². The topological polar surface area (TPSA) is 59.9 Å². The van der Waals surface area contributed by atoms with E-state index in [1.54, 1.807) is 6.33 Å². The molecule has 0 unspecified atom stereocenters. The van der Waals surface area contributed by atoms with Crippen molar-refractivity contribution in [3.63, 3.8) is 0 Å². The molecule has 1 aromatic carbocycles. The number of rotatable bonds is 5. The summed E-state index contributed by atoms with van der Waals surface area (Å²) in [4.78, 5) is 13.0. The number of hydrogen-bond donors (Lipinski definition) is 1. The number of fused-ring (bicyclic) bond motifs is 1. The first-order chi connectivity index (χ1) is 12.3. The molecule has 1 N–H and O–H groups in total. The van der Waals surface area contributed by atoms with Crippen LogP contribution < -0.4 is 10.1 Å². The molecule has 2 aromatic heterocycles. The fraction of sp³-hybridized carbons (Fsp3) is 0.250. The van der Waals surface area contributed by atoms with Gasteiger partial charge in [-0.25, -0.2) is 9.97 Å². The van der Waals surface area contributed by atoms with Gasteiger partial charge in [0.2, 0.25) is 0 Å². The van der Waals surface area contributed by atoms with Gasteiger partial charge < -0.3 is 10.1 Å². The van der Waals surface area contributed by atoms with Crippen LogP contribution in [0.4, 0.5) is 5.82 Å². The summed E-state index contributed by atoms with van der Waals surface area (Å²) < 4.78 is 5.76. The van der Waals surface area contributed by atoms with Crippen molar-refractivity contribution in [3.8, 4) is 17.0 Å². The van der Waals surface area contributed by atoms with Gasteiger partial charge in [-0.1, -0.05) is 18.2 Å². The van der Waals surface area contributed by atoms with Crippen LogP contribution in [0.3, 0.4) is 0 Å². The van der Waals surface area contributed by atoms with Crippen LogP contribution in [0.5, 0.6) is 5.75 Å². The number of benzene rings is 1. The minimum absolute atomic E-state index is 0.791. The van der Waals surface area contributed by atoms with Crippen LogP contribution >= 0.6 is 0 Å². The zero-order valence-electron chi connectivity index (χ0n) is 14.2. The minimum atomic E-state index is 0.791. The lowest BCUT2D eigenvalue weighted by molar-refractivity contribution is 0.353. The van der Waals surface area contributed by atoms with Crippen LogP contribution in [0.1, 0.15) is 16.8 Å². The molecule has 0 amide bonds. The Morgan fingerprint density at radius 3 is 2.96 bits per heavy atom. The van der Waals surface area contributed by atoms with Crippen LogP contribution in [0.2, 0.25) is 0 Å². The lowest BCUT2D eigenvalue weighted by atomic mass is 10.1. The van der Waals surface area contributed by atoms with Gasteiger partial charge in [-0.3, -0.25) is 4.98 Å². The largest absolute Gasteiger partial charge is 0.493 e. The van der Waals surface area contributed by atoms with Crippen LogP contribution in [0.15, 0.2) is 48.9 Å². The van der Waals surface area contributed by atoms with E-state index in [1.165, 1.54) is 11.1 Å². The molecule has 0 aliphatic carbocycles. The van der Waals surface area contributed by atoms with Crippen molar-refractivity contribution in [1.29, 1.82) is 0 Å². The van der Waals surface area contributed by atoms with Gasteiger partial charge in [0, 0.05) is 36.5 Å². The number of hydrogen-bond acceptors (Lipinski definition) is 5. The van der Waals surface area contributed by atoms with Gasteiger partial charge in [0.15, 0.2) is 0 Å². The Hall–Kier alpha value is -2.95. The van der Waals surface area contributed by atoms with Crippen molar-refractivity contribution in [2.75, 3.05) is 18.5 Å². The molecule has 25 heavy (non-hydrogen) atoms. The number of aromatic nitrogens is 3. The molecule has 1 aliphatic rings. The standard InChI is InChI=1S/C20H20N4O/c1-14-5-6-17(12-22-14)18-11-19(24-13-23-18)21-9-7-15-3-2-4-16-8-10-25-20(15)16/h2-6,11-13H,7-10H2,1H3,(H,21,23,24). The first-order valence-electron chi connectivity index (χ1n) is 8.52. The maximum atomic E-state index is 5.76. The summed E-state index contributed by atoms with van der Waals surface area (Å²) in [7, 11) is 0. The molecule has 5 nitrogen and oxygen atoms in total. The van der Waals surface area contributed by atoms with Gasteiger partial charge in [-0.2, -0.15) is 0 Å². The first kappa shape index (κ1) is 15.6. The molecule has 1 aliphatic heterocycles. The van der Waals surface area contributed by atoms with Crippen molar-refractivity contribution >= 4 is 5.82 Å². The monoisotopic (exact) mass is 332 g/mol. The summed E-state index contributed by atoms with van der Waals surface area (Å²) in [5.41, 5.74) is 5.42. The molecule has 0 saturated heterocycles. The fourth-order valence-electron chi connectivity index (χ4n) is 3.04. The van der Waals surface area contributed by atoms with Gasteiger partial charge >= 0.3 is 0 Å². The zero-order valence-corrected chi connectivity index (χ0v) is 14.2. The minimum Gasteiger partial charge on any atom is -0.493 e. The Balaban J connectivity index is 1.43. The van der Waals surface area contributed by atoms with E-state index in [0.717, 1.165) is 54.5 Å². The van der Waals surface area contributed by atoms with E-state index < -0.39 is 0 Å². The molecule has 0 radical (unpaired) electrons. The van der Waals surface area contributed by atoms with E-state index in [-0.39, 0.29) is 0 Å². The molecule has 3 aromatic rings. The van der Waals surface area contributed by atoms with Gasteiger partial charge in [0.1, 0.15) is 17.9 Å². The highest BCUT2D eigenvalue weighted by molar-refractivity contribution is 5.61. The number of para-hydroxylation sites is 1. The van der Waals surface area contributed by atoms with Crippen LogP contribution in [0.25, 0.3) is 11.3 Å². The van der Waals surface area contributed by atoms with E-state index in [0.29, 0.717) is 0 Å². The Kier molecular flexibility index (Phi) is 4.29. The number of aryl methyl sites for hydroxylation is 1. The number of pyridine rings is 1. The second kappa shape index (κ2) is 6.89. The summed E-state index contributed by atoms with van der Waals surface area (Å²) in [6, 6.07) is 12.4. The normalized spacial score (nSPS) is 12.5. The van der Waals surface area contributed by atoms with Crippen molar-refractivity contribution in [2.45, 2.75) is 19.8 Å². The van der Waals surface area contributed by atoms with Crippen molar-refractivity contribution < 1.29 is 4.74 Å². The second-order valence-corrected chi connectivity index (χ2v) is 6.16. The highest BCUT2D eigenvalue weighted by atomic mass is 16.5. The SMILES string of the molecule is Cc1ccc(-c2cc(NCCc3cccc4c3OCC4)ncn2)cn1. The van der Waals surface area contributed by atoms with Crippen LogP contribution in [-0.4, -0.2) is 28.1 Å². The van der Waals surface area contributed by atoms with Crippen LogP contribution in [-0.2, 0) is 12.8 Å². The van der Waals surface area contributed by atoms with Crippen molar-refractivity contribution in [1.82, 2.24) is 15.0 Å². The Bertz CT molecular complexity index is 877. The highest BCUT2D eigenvalue weighted by Crippen LogP contribution is 2.29. The van der Waals surface area contributed by atoms with Gasteiger partial charge in [0.25, 0.3) is 0 Å². The average Bonchev–Trinajstić information content (AvgIpc) is 3.12. The summed E-state index contributed by atoms with van der Waals surface area (Å²) in [5, 5.41) is 3.38. The molecule has 0 spiro atoms.